The van der Waals surface area contributed by atoms with Crippen LogP contribution < -0.4 is 10.6 Å². The number of likely N-dealkylation sites (N-methyl/N-ethyl adjacent to an activating group) is 2. The Kier molecular flexibility index (Phi) is 11.8. The number of halogens is 1. The van der Waals surface area contributed by atoms with Crippen LogP contribution in [-0.2, 0) is 24.6 Å². The van der Waals surface area contributed by atoms with Crippen molar-refractivity contribution in [2.75, 3.05) is 20.6 Å². The van der Waals surface area contributed by atoms with Crippen LogP contribution in [0.1, 0.15) is 73.8 Å². The lowest BCUT2D eigenvalue weighted by molar-refractivity contribution is -0.146. The number of nitrogens with one attached hydrogen (secondary N) is 2. The number of amides is 3. The second-order valence-corrected chi connectivity index (χ2v) is 13.7. The average molecular weight is 605 g/mol. The van der Waals surface area contributed by atoms with Gasteiger partial charge in [-0.25, -0.2) is 4.79 Å². The normalized spacial score (nSPS) is 18.4. The molecule has 3 amide bonds. The summed E-state index contributed by atoms with van der Waals surface area (Å²) in [6, 6.07) is 4.56. The van der Waals surface area contributed by atoms with Gasteiger partial charge in [-0.3, -0.25) is 14.4 Å². The van der Waals surface area contributed by atoms with E-state index in [0.717, 1.165) is 5.56 Å². The molecular formula is C32H49ClN4O5. The van der Waals surface area contributed by atoms with Crippen molar-refractivity contribution >= 4 is 35.3 Å². The molecule has 1 aromatic rings. The molecule has 0 unspecified atom stereocenters. The predicted octanol–water partition coefficient (Wildman–Crippen LogP) is 4.24. The molecule has 42 heavy (non-hydrogen) atoms. The third-order valence-corrected chi connectivity index (χ3v) is 8.51. The minimum atomic E-state index is -1.01. The fourth-order valence-electron chi connectivity index (χ4n) is 5.67. The third kappa shape index (κ3) is 8.13. The van der Waals surface area contributed by atoms with Crippen molar-refractivity contribution in [1.82, 2.24) is 20.4 Å². The highest BCUT2D eigenvalue weighted by atomic mass is 35.5. The average Bonchev–Trinajstić information content (AvgIpc) is 3.39. The van der Waals surface area contributed by atoms with Gasteiger partial charge in [0.05, 0.1) is 12.1 Å². The van der Waals surface area contributed by atoms with Gasteiger partial charge in [-0.05, 0) is 55.8 Å². The molecule has 1 saturated heterocycles. The van der Waals surface area contributed by atoms with Gasteiger partial charge in [0, 0.05) is 29.6 Å². The molecule has 1 aliphatic rings. The summed E-state index contributed by atoms with van der Waals surface area (Å²) in [5.74, 6) is -2.01. The number of carbonyl (C=O) groups is 4. The molecule has 0 bridgehead atoms. The number of hydrogen-bond donors (Lipinski definition) is 3. The zero-order valence-electron chi connectivity index (χ0n) is 26.7. The van der Waals surface area contributed by atoms with E-state index in [0.29, 0.717) is 30.0 Å². The van der Waals surface area contributed by atoms with Crippen molar-refractivity contribution in [2.24, 2.45) is 11.3 Å². The number of benzene rings is 1. The Labute approximate surface area is 256 Å². The molecule has 0 radical (unpaired) electrons. The van der Waals surface area contributed by atoms with Gasteiger partial charge in [0.2, 0.25) is 17.7 Å². The van der Waals surface area contributed by atoms with Crippen molar-refractivity contribution in [2.45, 2.75) is 97.8 Å². The number of aliphatic carboxylic acids is 1. The Morgan fingerprint density at radius 2 is 1.74 bits per heavy atom. The van der Waals surface area contributed by atoms with Gasteiger partial charge in [0.1, 0.15) is 12.1 Å². The highest BCUT2D eigenvalue weighted by molar-refractivity contribution is 6.30. The van der Waals surface area contributed by atoms with E-state index in [2.05, 4.69) is 10.6 Å². The lowest BCUT2D eigenvalue weighted by Crippen LogP contribution is -2.61. The number of likely N-dealkylation sites (tertiary alicyclic amines) is 1. The third-order valence-electron chi connectivity index (χ3n) is 8.28. The van der Waals surface area contributed by atoms with Gasteiger partial charge in [-0.15, -0.1) is 0 Å². The maximum absolute atomic E-state index is 14.1. The fraction of sp³-hybridized carbons (Fsp3) is 0.625. The van der Waals surface area contributed by atoms with Crippen LogP contribution in [0.5, 0.6) is 0 Å². The summed E-state index contributed by atoms with van der Waals surface area (Å²) < 4.78 is 0. The molecule has 1 aromatic carbocycles. The summed E-state index contributed by atoms with van der Waals surface area (Å²) in [7, 11) is 3.39. The molecule has 0 spiro atoms. The molecule has 9 nitrogen and oxygen atoms in total. The molecule has 10 heteroatoms. The molecule has 1 heterocycles. The van der Waals surface area contributed by atoms with Crippen LogP contribution in [0, 0.1) is 11.3 Å². The van der Waals surface area contributed by atoms with Gasteiger partial charge in [0.25, 0.3) is 0 Å². The van der Waals surface area contributed by atoms with Crippen molar-refractivity contribution in [1.29, 1.82) is 0 Å². The number of nitrogens with zero attached hydrogens (tertiary/aromatic N) is 2. The number of carboxylic acid groups (broad SMARTS) is 1. The van der Waals surface area contributed by atoms with Gasteiger partial charge in [-0.2, -0.15) is 0 Å². The van der Waals surface area contributed by atoms with Crippen molar-refractivity contribution in [3.8, 4) is 0 Å². The molecule has 4 atom stereocenters. The summed E-state index contributed by atoms with van der Waals surface area (Å²) in [4.78, 5) is 55.7. The monoisotopic (exact) mass is 604 g/mol. The first-order valence-electron chi connectivity index (χ1n) is 14.6. The van der Waals surface area contributed by atoms with Crippen LogP contribution in [0.15, 0.2) is 35.9 Å². The Balaban J connectivity index is 2.35. The van der Waals surface area contributed by atoms with E-state index < -0.39 is 41.0 Å². The Morgan fingerprint density at radius 1 is 1.12 bits per heavy atom. The summed E-state index contributed by atoms with van der Waals surface area (Å²) in [5, 5.41) is 16.3. The highest BCUT2D eigenvalue weighted by Gasteiger charge is 2.42. The van der Waals surface area contributed by atoms with Crippen molar-refractivity contribution in [3.63, 3.8) is 0 Å². The van der Waals surface area contributed by atoms with Gasteiger partial charge < -0.3 is 25.5 Å². The number of hydrogen-bond acceptors (Lipinski definition) is 5. The quantitative estimate of drug-likeness (QED) is 0.325. The Bertz CT molecular complexity index is 1190. The first kappa shape index (κ1) is 35.3. The molecule has 0 aliphatic carbocycles. The van der Waals surface area contributed by atoms with Crippen LogP contribution in [0.4, 0.5) is 0 Å². The maximum atomic E-state index is 14.1. The number of rotatable bonds is 11. The lowest BCUT2D eigenvalue weighted by Gasteiger charge is -2.40. The summed E-state index contributed by atoms with van der Waals surface area (Å²) >= 11 is 6.24. The van der Waals surface area contributed by atoms with E-state index >= 15 is 0 Å². The second-order valence-electron chi connectivity index (χ2n) is 13.3. The topological polar surface area (TPSA) is 119 Å². The minimum absolute atomic E-state index is 0.0568. The summed E-state index contributed by atoms with van der Waals surface area (Å²) in [5.41, 5.74) is -0.00435. The highest BCUT2D eigenvalue weighted by Crippen LogP contribution is 2.31. The van der Waals surface area contributed by atoms with Crippen LogP contribution in [0.25, 0.3) is 0 Å². The molecular weight excluding hydrogens is 556 g/mol. The van der Waals surface area contributed by atoms with E-state index in [-0.39, 0.29) is 23.6 Å². The zero-order valence-corrected chi connectivity index (χ0v) is 27.5. The lowest BCUT2D eigenvalue weighted by atomic mass is 9.76. The molecule has 0 saturated carbocycles. The smallest absolute Gasteiger partial charge is 0.326 e. The van der Waals surface area contributed by atoms with Gasteiger partial charge >= 0.3 is 5.97 Å². The summed E-state index contributed by atoms with van der Waals surface area (Å²) in [6.45, 7) is 15.5. The van der Waals surface area contributed by atoms with Crippen LogP contribution in [0.3, 0.4) is 0 Å². The minimum Gasteiger partial charge on any atom is -0.480 e. The van der Waals surface area contributed by atoms with Crippen LogP contribution >= 0.6 is 11.6 Å². The summed E-state index contributed by atoms with van der Waals surface area (Å²) in [6.07, 6.45) is 2.80. The van der Waals surface area contributed by atoms with E-state index in [1.807, 2.05) is 66.7 Å². The SMILES string of the molecule is CN[C@H](C(=O)N[C@H](C(=O)N(C)[C@H](/C=C(\C)C(=O)N1CCC[C@H]1C(=O)O)C(C)C)C(C)(C)C)C(C)(C)c1cccc(Cl)c1. The van der Waals surface area contributed by atoms with E-state index in [1.54, 1.807) is 38.1 Å². The van der Waals surface area contributed by atoms with E-state index in [1.165, 1.54) is 4.90 Å². The van der Waals surface area contributed by atoms with Gasteiger partial charge in [-0.1, -0.05) is 78.3 Å². The molecule has 3 N–H and O–H groups in total. The molecule has 1 fully saturated rings. The van der Waals surface area contributed by atoms with Crippen molar-refractivity contribution in [3.05, 3.63) is 46.5 Å². The second kappa shape index (κ2) is 14.0. The van der Waals surface area contributed by atoms with Gasteiger partial charge in [0.15, 0.2) is 0 Å². The number of carbonyl (C=O) groups excluding carboxylic acids is 3. The molecule has 234 valence electrons. The first-order chi connectivity index (χ1) is 19.3. The molecule has 0 aromatic heterocycles. The first-order valence-corrected chi connectivity index (χ1v) is 14.9. The molecule has 2 rings (SSSR count). The fourth-order valence-corrected chi connectivity index (χ4v) is 5.86. The van der Waals surface area contributed by atoms with Crippen molar-refractivity contribution < 1.29 is 24.3 Å². The standard InChI is InChI=1S/C32H49ClN4O5/c1-19(2)24(17-20(3)28(39)37-16-12-15-23(37)30(41)42)36(10)29(40)26(31(4,5)6)35-27(38)25(34-9)32(7,8)21-13-11-14-22(33)18-21/h11,13-14,17-19,23-26,34H,12,15-16H2,1-10H3,(H,35,38)(H,41,42)/b20-17+/t23-,24+,25+,26+/m0/s1. The Morgan fingerprint density at radius 3 is 2.24 bits per heavy atom. The van der Waals surface area contributed by atoms with Crippen LogP contribution in [0.2, 0.25) is 5.02 Å². The Hall–Kier alpha value is -2.91. The predicted molar refractivity (Wildman–Crippen MR) is 166 cm³/mol. The van der Waals surface area contributed by atoms with E-state index in [4.69, 9.17) is 11.6 Å². The number of carboxylic acids is 1. The zero-order chi connectivity index (χ0) is 32.2. The largest absolute Gasteiger partial charge is 0.480 e. The maximum Gasteiger partial charge on any atom is 0.326 e. The molecule has 1 aliphatic heterocycles. The van der Waals surface area contributed by atoms with E-state index in [9.17, 15) is 24.3 Å². The van der Waals surface area contributed by atoms with Crippen LogP contribution in [-0.4, -0.2) is 83.4 Å².